The maximum atomic E-state index is 10.8. The van der Waals surface area contributed by atoms with Crippen molar-refractivity contribution in [1.29, 1.82) is 0 Å². The maximum Gasteiger partial charge on any atom is 0.196 e. The number of anilines is 1. The number of nitrogens with one attached hydrogen (secondary N) is 1. The van der Waals surface area contributed by atoms with Crippen LogP contribution in [0.15, 0.2) is 36.4 Å². The highest BCUT2D eigenvalue weighted by Crippen LogP contribution is 2.43. The van der Waals surface area contributed by atoms with Crippen molar-refractivity contribution in [1.82, 2.24) is 0 Å². The van der Waals surface area contributed by atoms with E-state index in [0.717, 1.165) is 28.1 Å². The molecule has 2 N–H and O–H groups in total. The lowest BCUT2D eigenvalue weighted by Gasteiger charge is -2.29. The Morgan fingerprint density at radius 1 is 0.917 bits per heavy atom. The van der Waals surface area contributed by atoms with Crippen LogP contribution in [0.3, 0.4) is 0 Å². The lowest BCUT2D eigenvalue weighted by atomic mass is 9.78. The van der Waals surface area contributed by atoms with E-state index in [2.05, 4.69) is 59.0 Å². The van der Waals surface area contributed by atoms with E-state index in [1.807, 2.05) is 24.3 Å². The number of fused-ring (bicyclic) bond motifs is 1. The Balaban J connectivity index is 2.10. The summed E-state index contributed by atoms with van der Waals surface area (Å²) in [4.78, 5) is 0. The minimum atomic E-state index is -0.231. The normalized spacial score (nSPS) is 17.2. The summed E-state index contributed by atoms with van der Waals surface area (Å²) in [6, 6.07) is 12.1. The van der Waals surface area contributed by atoms with Gasteiger partial charge in [-0.3, -0.25) is 0 Å². The Hall–Kier alpha value is -2.16. The molecule has 0 saturated heterocycles. The Labute approximate surface area is 144 Å². The summed E-state index contributed by atoms with van der Waals surface area (Å²) in [5.74, 6) is 1.26. The number of hydrogen-bond acceptors (Lipinski definition) is 3. The van der Waals surface area contributed by atoms with Crippen molar-refractivity contribution in [3.63, 3.8) is 0 Å². The van der Waals surface area contributed by atoms with Gasteiger partial charge in [0.1, 0.15) is 11.5 Å². The van der Waals surface area contributed by atoms with Gasteiger partial charge >= 0.3 is 0 Å². The average Bonchev–Trinajstić information content (AvgIpc) is 2.88. The molecule has 3 heteroatoms. The molecule has 2 aromatic rings. The van der Waals surface area contributed by atoms with Gasteiger partial charge in [-0.1, -0.05) is 53.7 Å². The van der Waals surface area contributed by atoms with Gasteiger partial charge in [0.2, 0.25) is 0 Å². The third-order valence-electron chi connectivity index (χ3n) is 4.47. The standard InChI is InChI=1S/C21H27NO2/c1-20(2,3)14-11-13(12-15(18(14)23)21(4,5)6)19-22-16-9-7-8-10-17(16)24-19/h7-12,19,22-23H,1-6H3. The number of benzene rings is 2. The van der Waals surface area contributed by atoms with Crippen LogP contribution in [-0.2, 0) is 10.8 Å². The van der Waals surface area contributed by atoms with Gasteiger partial charge in [-0.2, -0.15) is 0 Å². The van der Waals surface area contributed by atoms with Gasteiger partial charge in [0.25, 0.3) is 0 Å². The molecule has 0 fully saturated rings. The van der Waals surface area contributed by atoms with Crippen LogP contribution in [0.2, 0.25) is 0 Å². The first-order valence-electron chi connectivity index (χ1n) is 8.47. The Morgan fingerprint density at radius 3 is 1.96 bits per heavy atom. The van der Waals surface area contributed by atoms with Gasteiger partial charge in [0.15, 0.2) is 6.23 Å². The molecular weight excluding hydrogens is 298 g/mol. The minimum Gasteiger partial charge on any atom is -0.507 e. The monoisotopic (exact) mass is 325 g/mol. The fraction of sp³-hybridized carbons (Fsp3) is 0.429. The van der Waals surface area contributed by atoms with Crippen LogP contribution in [0.5, 0.6) is 11.5 Å². The van der Waals surface area contributed by atoms with Crippen molar-refractivity contribution in [2.75, 3.05) is 5.32 Å². The average molecular weight is 325 g/mol. The van der Waals surface area contributed by atoms with Crippen LogP contribution in [0.4, 0.5) is 5.69 Å². The molecule has 0 radical (unpaired) electrons. The fourth-order valence-corrected chi connectivity index (χ4v) is 3.09. The number of phenols is 1. The number of hydrogen-bond donors (Lipinski definition) is 2. The molecule has 0 amide bonds. The molecule has 1 unspecified atom stereocenters. The molecule has 1 aliphatic rings. The first kappa shape index (κ1) is 16.7. The predicted molar refractivity (Wildman–Crippen MR) is 98.9 cm³/mol. The van der Waals surface area contributed by atoms with Crippen molar-refractivity contribution in [3.8, 4) is 11.5 Å². The maximum absolute atomic E-state index is 10.8. The molecule has 0 spiro atoms. The van der Waals surface area contributed by atoms with Crippen LogP contribution >= 0.6 is 0 Å². The van der Waals surface area contributed by atoms with E-state index in [-0.39, 0.29) is 17.1 Å². The Kier molecular flexibility index (Phi) is 3.78. The summed E-state index contributed by atoms with van der Waals surface area (Å²) in [5.41, 5.74) is 3.65. The molecule has 3 nitrogen and oxygen atoms in total. The topological polar surface area (TPSA) is 41.5 Å². The van der Waals surface area contributed by atoms with Gasteiger partial charge in [-0.05, 0) is 35.1 Å². The highest BCUT2D eigenvalue weighted by Gasteiger charge is 2.30. The zero-order valence-electron chi connectivity index (χ0n) is 15.4. The van der Waals surface area contributed by atoms with Gasteiger partial charge in [-0.25, -0.2) is 0 Å². The van der Waals surface area contributed by atoms with Gasteiger partial charge in [0, 0.05) is 16.7 Å². The van der Waals surface area contributed by atoms with Crippen molar-refractivity contribution >= 4 is 5.69 Å². The number of aromatic hydroxyl groups is 1. The van der Waals surface area contributed by atoms with Crippen molar-refractivity contribution in [3.05, 3.63) is 53.1 Å². The zero-order chi connectivity index (χ0) is 17.7. The van der Waals surface area contributed by atoms with Crippen LogP contribution in [0, 0.1) is 0 Å². The number of rotatable bonds is 1. The smallest absolute Gasteiger partial charge is 0.196 e. The second-order valence-corrected chi connectivity index (χ2v) is 8.60. The molecule has 1 aliphatic heterocycles. The summed E-state index contributed by atoms with van der Waals surface area (Å²) < 4.78 is 6.08. The summed E-state index contributed by atoms with van der Waals surface area (Å²) in [5, 5.41) is 14.3. The highest BCUT2D eigenvalue weighted by atomic mass is 16.5. The van der Waals surface area contributed by atoms with Gasteiger partial charge in [-0.15, -0.1) is 0 Å². The van der Waals surface area contributed by atoms with E-state index in [4.69, 9.17) is 4.74 Å². The van der Waals surface area contributed by atoms with E-state index < -0.39 is 0 Å². The molecule has 1 atom stereocenters. The van der Waals surface area contributed by atoms with E-state index >= 15 is 0 Å². The second-order valence-electron chi connectivity index (χ2n) is 8.60. The number of phenolic OH excluding ortho intramolecular Hbond substituents is 1. The third kappa shape index (κ3) is 2.95. The molecule has 24 heavy (non-hydrogen) atoms. The lowest BCUT2D eigenvalue weighted by molar-refractivity contribution is 0.259. The van der Waals surface area contributed by atoms with Gasteiger partial charge in [0.05, 0.1) is 5.69 Å². The molecule has 0 bridgehead atoms. The zero-order valence-corrected chi connectivity index (χ0v) is 15.4. The first-order chi connectivity index (χ1) is 11.1. The van der Waals surface area contributed by atoms with E-state index in [0.29, 0.717) is 5.75 Å². The molecule has 3 rings (SSSR count). The SMILES string of the molecule is CC(C)(C)c1cc(C2Nc3ccccc3O2)cc(C(C)(C)C)c1O. The molecule has 0 aromatic heterocycles. The lowest BCUT2D eigenvalue weighted by Crippen LogP contribution is -2.20. The molecule has 2 aromatic carbocycles. The second kappa shape index (κ2) is 5.44. The minimum absolute atomic E-state index is 0.147. The molecule has 0 aliphatic carbocycles. The van der Waals surface area contributed by atoms with Crippen LogP contribution < -0.4 is 10.1 Å². The van der Waals surface area contributed by atoms with Crippen molar-refractivity contribution in [2.24, 2.45) is 0 Å². The van der Waals surface area contributed by atoms with Crippen molar-refractivity contribution < 1.29 is 9.84 Å². The summed E-state index contributed by atoms with van der Waals surface area (Å²) >= 11 is 0. The molecule has 0 saturated carbocycles. The quantitative estimate of drug-likeness (QED) is 0.728. The van der Waals surface area contributed by atoms with Crippen molar-refractivity contribution in [2.45, 2.75) is 58.6 Å². The van der Waals surface area contributed by atoms with Crippen LogP contribution in [0.1, 0.15) is 64.5 Å². The largest absolute Gasteiger partial charge is 0.507 e. The molecule has 128 valence electrons. The fourth-order valence-electron chi connectivity index (χ4n) is 3.09. The van der Waals surface area contributed by atoms with E-state index in [1.54, 1.807) is 0 Å². The summed E-state index contributed by atoms with van der Waals surface area (Å²) in [7, 11) is 0. The number of ether oxygens (including phenoxy) is 1. The van der Waals surface area contributed by atoms with Gasteiger partial charge < -0.3 is 15.2 Å². The summed E-state index contributed by atoms with van der Waals surface area (Å²) in [6.07, 6.45) is -0.231. The highest BCUT2D eigenvalue weighted by molar-refractivity contribution is 5.61. The first-order valence-corrected chi connectivity index (χ1v) is 8.47. The van der Waals surface area contributed by atoms with E-state index in [1.165, 1.54) is 0 Å². The summed E-state index contributed by atoms with van der Waals surface area (Å²) in [6.45, 7) is 12.7. The molecular formula is C21H27NO2. The molecule has 1 heterocycles. The Bertz CT molecular complexity index is 706. The van der Waals surface area contributed by atoms with Crippen LogP contribution in [0.25, 0.3) is 0 Å². The van der Waals surface area contributed by atoms with E-state index in [9.17, 15) is 5.11 Å². The van der Waals surface area contributed by atoms with Crippen LogP contribution in [-0.4, -0.2) is 5.11 Å². The predicted octanol–water partition coefficient (Wildman–Crippen LogP) is 5.49. The third-order valence-corrected chi connectivity index (χ3v) is 4.47. The number of para-hydroxylation sites is 2. The Morgan fingerprint density at radius 2 is 1.46 bits per heavy atom.